The summed E-state index contributed by atoms with van der Waals surface area (Å²) >= 11 is 1.36. The average molecular weight is 463 g/mol. The smallest absolute Gasteiger partial charge is 0.267 e. The summed E-state index contributed by atoms with van der Waals surface area (Å²) in [5, 5.41) is 20.2. The zero-order valence-electron chi connectivity index (χ0n) is 17.9. The zero-order chi connectivity index (χ0) is 22.8. The molecule has 0 spiro atoms. The van der Waals surface area contributed by atoms with Crippen molar-refractivity contribution in [2.24, 2.45) is 0 Å². The lowest BCUT2D eigenvalue weighted by Crippen LogP contribution is -2.22. The van der Waals surface area contributed by atoms with Crippen LogP contribution in [0.15, 0.2) is 81.3 Å². The van der Waals surface area contributed by atoms with Gasteiger partial charge >= 0.3 is 0 Å². The third kappa shape index (κ3) is 4.30. The minimum Gasteiger partial charge on any atom is -0.467 e. The quantitative estimate of drug-likeness (QED) is 0.352. The van der Waals surface area contributed by atoms with Gasteiger partial charge in [0.1, 0.15) is 12.4 Å². The summed E-state index contributed by atoms with van der Waals surface area (Å²) in [4.78, 5) is 13.3. The number of benzene rings is 2. The summed E-state index contributed by atoms with van der Waals surface area (Å²) in [6.07, 6.45) is 0.883. The fourth-order valence-electron chi connectivity index (χ4n) is 3.61. The highest BCUT2D eigenvalue weighted by Gasteiger charge is 2.18. The van der Waals surface area contributed by atoms with Gasteiger partial charge in [-0.3, -0.25) is 9.20 Å². The minimum atomic E-state index is -0.702. The van der Waals surface area contributed by atoms with Crippen molar-refractivity contribution >= 4 is 28.4 Å². The summed E-state index contributed by atoms with van der Waals surface area (Å²) < 4.78 is 14.2. The zero-order valence-corrected chi connectivity index (χ0v) is 18.7. The highest BCUT2D eigenvalue weighted by Crippen LogP contribution is 2.24. The van der Waals surface area contributed by atoms with Crippen LogP contribution in [0, 0.1) is 6.92 Å². The number of ether oxygens (including phenoxy) is 1. The summed E-state index contributed by atoms with van der Waals surface area (Å²) in [5.74, 6) is 1.49. The Kier molecular flexibility index (Phi) is 5.99. The van der Waals surface area contributed by atoms with E-state index < -0.39 is 6.10 Å². The number of rotatable bonds is 8. The van der Waals surface area contributed by atoms with Crippen LogP contribution in [0.1, 0.15) is 11.3 Å². The molecule has 1 atom stereocenters. The predicted octanol–water partition coefficient (Wildman–Crippen LogP) is 3.60. The number of furan rings is 1. The second-order valence-electron chi connectivity index (χ2n) is 7.67. The number of fused-ring (bicyclic) bond motifs is 3. The molecule has 0 saturated heterocycles. The number of nitrogens with zero attached hydrogens (tertiary/aromatic N) is 4. The van der Waals surface area contributed by atoms with Crippen molar-refractivity contribution in [2.75, 3.05) is 12.4 Å². The normalized spacial score (nSPS) is 12.5. The van der Waals surface area contributed by atoms with Crippen LogP contribution >= 0.6 is 11.8 Å². The third-order valence-corrected chi connectivity index (χ3v) is 6.30. The van der Waals surface area contributed by atoms with Crippen molar-refractivity contribution < 1.29 is 14.3 Å². The SMILES string of the molecule is Cc1ccc(-n2c(=O)c3ccccc3n3c(SCC(O)COCc4ccco4)nnc23)cc1. The van der Waals surface area contributed by atoms with Crippen molar-refractivity contribution in [1.82, 2.24) is 19.2 Å². The first kappa shape index (κ1) is 21.4. The van der Waals surface area contributed by atoms with E-state index in [-0.39, 0.29) is 12.2 Å². The highest BCUT2D eigenvalue weighted by atomic mass is 32.2. The number of hydrogen-bond donors (Lipinski definition) is 1. The van der Waals surface area contributed by atoms with Crippen LogP contribution in [0.3, 0.4) is 0 Å². The largest absolute Gasteiger partial charge is 0.467 e. The van der Waals surface area contributed by atoms with Gasteiger partial charge in [0, 0.05) is 5.75 Å². The number of aliphatic hydroxyl groups is 1. The molecule has 9 heteroatoms. The lowest BCUT2D eigenvalue weighted by atomic mass is 10.2. The van der Waals surface area contributed by atoms with Gasteiger partial charge in [-0.25, -0.2) is 4.57 Å². The van der Waals surface area contributed by atoms with Gasteiger partial charge in [-0.1, -0.05) is 41.6 Å². The Morgan fingerprint density at radius 2 is 1.91 bits per heavy atom. The van der Waals surface area contributed by atoms with E-state index in [9.17, 15) is 9.90 Å². The van der Waals surface area contributed by atoms with E-state index in [0.29, 0.717) is 34.4 Å². The van der Waals surface area contributed by atoms with Crippen LogP contribution in [0.2, 0.25) is 0 Å². The van der Waals surface area contributed by atoms with Gasteiger partial charge in [0.15, 0.2) is 5.16 Å². The summed E-state index contributed by atoms with van der Waals surface area (Å²) in [7, 11) is 0. The molecule has 8 nitrogen and oxygen atoms in total. The second-order valence-corrected chi connectivity index (χ2v) is 8.66. The first-order valence-corrected chi connectivity index (χ1v) is 11.5. The molecule has 0 radical (unpaired) electrons. The van der Waals surface area contributed by atoms with Gasteiger partial charge in [0.05, 0.1) is 35.6 Å². The maximum absolute atomic E-state index is 13.3. The van der Waals surface area contributed by atoms with E-state index in [1.54, 1.807) is 23.0 Å². The average Bonchev–Trinajstić information content (AvgIpc) is 3.49. The molecule has 3 aromatic heterocycles. The highest BCUT2D eigenvalue weighted by molar-refractivity contribution is 7.99. The van der Waals surface area contributed by atoms with Crippen LogP contribution in [0.25, 0.3) is 22.4 Å². The standard InChI is InChI=1S/C24H22N4O4S/c1-16-8-10-17(11-9-16)27-22(30)20-6-2-3-7-21(20)28-23(27)25-26-24(28)33-15-18(29)13-31-14-19-5-4-12-32-19/h2-12,18,29H,13-15H2,1H3. The Labute approximate surface area is 193 Å². The first-order valence-electron chi connectivity index (χ1n) is 10.5. The van der Waals surface area contributed by atoms with Crippen LogP contribution < -0.4 is 5.56 Å². The van der Waals surface area contributed by atoms with Crippen molar-refractivity contribution in [3.8, 4) is 5.69 Å². The van der Waals surface area contributed by atoms with Gasteiger partial charge in [0.2, 0.25) is 5.78 Å². The van der Waals surface area contributed by atoms with Crippen molar-refractivity contribution in [1.29, 1.82) is 0 Å². The Balaban J connectivity index is 1.45. The van der Waals surface area contributed by atoms with Crippen LogP contribution in [0.4, 0.5) is 0 Å². The lowest BCUT2D eigenvalue weighted by Gasteiger charge is -2.12. The summed E-state index contributed by atoms with van der Waals surface area (Å²) in [6.45, 7) is 2.47. The molecule has 2 aromatic carbocycles. The van der Waals surface area contributed by atoms with E-state index in [1.807, 2.05) is 59.9 Å². The summed E-state index contributed by atoms with van der Waals surface area (Å²) in [6, 6.07) is 18.7. The number of aliphatic hydroxyl groups excluding tert-OH is 1. The van der Waals surface area contributed by atoms with Crippen molar-refractivity contribution in [3.05, 3.63) is 88.6 Å². The molecule has 0 saturated carbocycles. The molecule has 5 rings (SSSR count). The number of para-hydroxylation sites is 1. The number of aryl methyl sites for hydroxylation is 1. The molecule has 0 amide bonds. The maximum atomic E-state index is 13.3. The van der Waals surface area contributed by atoms with Gasteiger partial charge in [0.25, 0.3) is 5.56 Å². The molecule has 33 heavy (non-hydrogen) atoms. The molecule has 0 aliphatic carbocycles. The molecule has 1 N–H and O–H groups in total. The maximum Gasteiger partial charge on any atom is 0.267 e. The van der Waals surface area contributed by atoms with Gasteiger partial charge in [-0.2, -0.15) is 0 Å². The molecule has 3 heterocycles. The molecule has 0 bridgehead atoms. The van der Waals surface area contributed by atoms with Gasteiger partial charge < -0.3 is 14.3 Å². The fraction of sp³-hybridized carbons (Fsp3) is 0.208. The second kappa shape index (κ2) is 9.22. The van der Waals surface area contributed by atoms with Crippen molar-refractivity contribution in [3.63, 3.8) is 0 Å². The molecule has 1 unspecified atom stereocenters. The molecule has 0 fully saturated rings. The summed E-state index contributed by atoms with van der Waals surface area (Å²) in [5.41, 5.74) is 2.38. The minimum absolute atomic E-state index is 0.155. The molecule has 168 valence electrons. The monoisotopic (exact) mass is 462 g/mol. The third-order valence-electron chi connectivity index (χ3n) is 5.23. The fourth-order valence-corrected chi connectivity index (χ4v) is 4.45. The van der Waals surface area contributed by atoms with E-state index in [2.05, 4.69) is 10.2 Å². The predicted molar refractivity (Wildman–Crippen MR) is 126 cm³/mol. The van der Waals surface area contributed by atoms with Gasteiger partial charge in [-0.15, -0.1) is 10.2 Å². The number of aromatic nitrogens is 4. The van der Waals surface area contributed by atoms with Crippen LogP contribution in [0.5, 0.6) is 0 Å². The van der Waals surface area contributed by atoms with Crippen LogP contribution in [-0.2, 0) is 11.3 Å². The van der Waals surface area contributed by atoms with Gasteiger partial charge in [-0.05, 0) is 43.3 Å². The van der Waals surface area contributed by atoms with E-state index in [0.717, 1.165) is 16.8 Å². The Hall–Kier alpha value is -3.40. The van der Waals surface area contributed by atoms with E-state index >= 15 is 0 Å². The topological polar surface area (TPSA) is 94.8 Å². The van der Waals surface area contributed by atoms with E-state index in [1.165, 1.54) is 11.8 Å². The Morgan fingerprint density at radius 3 is 2.70 bits per heavy atom. The number of hydrogen-bond acceptors (Lipinski definition) is 7. The first-order chi connectivity index (χ1) is 16.1. The van der Waals surface area contributed by atoms with Crippen LogP contribution in [-0.4, -0.2) is 42.7 Å². The molecule has 5 aromatic rings. The Morgan fingerprint density at radius 1 is 1.09 bits per heavy atom. The Bertz CT molecular complexity index is 1440. The lowest BCUT2D eigenvalue weighted by molar-refractivity contribution is 0.0328. The molecule has 0 aliphatic heterocycles. The molecular formula is C24H22N4O4S. The van der Waals surface area contributed by atoms with Crippen molar-refractivity contribution in [2.45, 2.75) is 24.8 Å². The van der Waals surface area contributed by atoms with E-state index in [4.69, 9.17) is 9.15 Å². The molecule has 0 aliphatic rings. The number of thioether (sulfide) groups is 1. The molecular weight excluding hydrogens is 440 g/mol.